The Labute approximate surface area is 194 Å². The first-order valence-electron chi connectivity index (χ1n) is 10.5. The maximum absolute atomic E-state index is 13.5. The summed E-state index contributed by atoms with van der Waals surface area (Å²) in [6.45, 7) is 12.9. The van der Waals surface area contributed by atoms with Crippen LogP contribution in [-0.4, -0.2) is 79.3 Å². The second-order valence-electron chi connectivity index (χ2n) is 10.3. The molecule has 31 heavy (non-hydrogen) atoms. The Morgan fingerprint density at radius 2 is 1.94 bits per heavy atom. The van der Waals surface area contributed by atoms with E-state index in [2.05, 4.69) is 5.32 Å². The smallest absolute Gasteiger partial charge is 0.410 e. The summed E-state index contributed by atoms with van der Waals surface area (Å²) in [4.78, 5) is 40.6. The van der Waals surface area contributed by atoms with Crippen LogP contribution in [0.2, 0.25) is 0 Å². The number of carbonyl (C=O) groups is 3. The number of carbonyl (C=O) groups excluding carboxylic acids is 2. The normalized spacial score (nSPS) is 28.9. The average molecular weight is 474 g/mol. The van der Waals surface area contributed by atoms with Gasteiger partial charge in [0.1, 0.15) is 17.7 Å². The van der Waals surface area contributed by atoms with Gasteiger partial charge in [-0.1, -0.05) is 26.1 Å². The van der Waals surface area contributed by atoms with Crippen LogP contribution in [0.1, 0.15) is 61.3 Å². The number of carboxylic acid groups (broad SMARTS) is 1. The van der Waals surface area contributed by atoms with Crippen molar-refractivity contribution >= 4 is 46.9 Å². The molecule has 4 atom stereocenters. The molecule has 2 N–H and O–H groups in total. The molecule has 2 aliphatic rings. The van der Waals surface area contributed by atoms with Crippen LogP contribution < -0.4 is 5.32 Å². The first kappa shape index (κ1) is 25.7. The van der Waals surface area contributed by atoms with Gasteiger partial charge in [0, 0.05) is 7.05 Å². The Balaban J connectivity index is 2.19. The number of nitrogens with one attached hydrogen (secondary N) is 1. The Morgan fingerprint density at radius 3 is 2.45 bits per heavy atom. The molecule has 1 unspecified atom stereocenters. The molecule has 2 aliphatic heterocycles. The molecule has 2 fully saturated rings. The van der Waals surface area contributed by atoms with Crippen LogP contribution in [0.4, 0.5) is 4.79 Å². The topological polar surface area (TPSA) is 99.2 Å². The van der Waals surface area contributed by atoms with Crippen LogP contribution in [0.25, 0.3) is 0 Å². The lowest BCUT2D eigenvalue weighted by Crippen LogP contribution is -2.58. The summed E-state index contributed by atoms with van der Waals surface area (Å²) in [5, 5.41) is 13.0. The number of amides is 2. The van der Waals surface area contributed by atoms with E-state index in [4.69, 9.17) is 17.0 Å². The first-order valence-corrected chi connectivity index (χ1v) is 11.9. The zero-order valence-corrected chi connectivity index (χ0v) is 21.3. The number of likely N-dealkylation sites (N-methyl/N-ethyl adjacent to an activating group) is 1. The zero-order chi connectivity index (χ0) is 23.9. The van der Waals surface area contributed by atoms with Crippen LogP contribution in [0.15, 0.2) is 0 Å². The van der Waals surface area contributed by atoms with Gasteiger partial charge in [0.25, 0.3) is 0 Å². The standard InChI is InChI=1S/C21H35N3O5S2/c1-12(23(8)18(28)29-19(2,3)4)15(30)22-13-9-10-31-21(7)11-20(5,6)14(17(26)27)24(21)16(13)25/h12-14H,9-11H2,1-8H3,(H,22,30)(H,26,27)/t12?,13-,14+,21-/m0/s1. The van der Waals surface area contributed by atoms with Crippen molar-refractivity contribution in [1.29, 1.82) is 0 Å². The number of ether oxygens (including phenoxy) is 1. The number of rotatable bonds is 4. The highest BCUT2D eigenvalue weighted by Crippen LogP contribution is 2.53. The first-order chi connectivity index (χ1) is 14.0. The van der Waals surface area contributed by atoms with E-state index in [0.717, 1.165) is 0 Å². The Bertz CT molecular complexity index is 767. The maximum atomic E-state index is 13.5. The molecular formula is C21H35N3O5S2. The molecule has 8 nitrogen and oxygen atoms in total. The number of nitrogens with zero attached hydrogens (tertiary/aromatic N) is 2. The Kier molecular flexibility index (Phi) is 7.27. The van der Waals surface area contributed by atoms with Crippen LogP contribution in [-0.2, 0) is 14.3 Å². The fraction of sp³-hybridized carbons (Fsp3) is 0.810. The number of hydrogen-bond acceptors (Lipinski definition) is 6. The molecule has 0 radical (unpaired) electrons. The van der Waals surface area contributed by atoms with Crippen molar-refractivity contribution in [2.24, 2.45) is 5.41 Å². The van der Waals surface area contributed by atoms with E-state index in [-0.39, 0.29) is 5.91 Å². The van der Waals surface area contributed by atoms with E-state index < -0.39 is 46.1 Å². The second kappa shape index (κ2) is 8.77. The molecule has 2 saturated heterocycles. The Morgan fingerprint density at radius 1 is 1.35 bits per heavy atom. The summed E-state index contributed by atoms with van der Waals surface area (Å²) < 4.78 is 5.39. The van der Waals surface area contributed by atoms with Gasteiger partial charge in [0.2, 0.25) is 5.91 Å². The number of fused-ring (bicyclic) bond motifs is 1. The molecule has 0 aromatic carbocycles. The van der Waals surface area contributed by atoms with Gasteiger partial charge < -0.3 is 25.0 Å². The molecule has 0 saturated carbocycles. The number of thiocarbonyl (C=S) groups is 1. The second-order valence-corrected chi connectivity index (χ2v) is 12.3. The summed E-state index contributed by atoms with van der Waals surface area (Å²) in [5.41, 5.74) is -1.18. The predicted octanol–water partition coefficient (Wildman–Crippen LogP) is 3.09. The summed E-state index contributed by atoms with van der Waals surface area (Å²) in [6.07, 6.45) is 0.611. The molecule has 0 bridgehead atoms. The number of hydrogen-bond donors (Lipinski definition) is 2. The van der Waals surface area contributed by atoms with Gasteiger partial charge >= 0.3 is 12.1 Å². The average Bonchev–Trinajstić information content (AvgIpc) is 2.75. The van der Waals surface area contributed by atoms with Crippen LogP contribution in [0, 0.1) is 5.41 Å². The predicted molar refractivity (Wildman–Crippen MR) is 125 cm³/mol. The highest BCUT2D eigenvalue weighted by atomic mass is 32.2. The lowest BCUT2D eigenvalue weighted by Gasteiger charge is -2.37. The van der Waals surface area contributed by atoms with Crippen LogP contribution in [0.5, 0.6) is 0 Å². The van der Waals surface area contributed by atoms with Gasteiger partial charge in [-0.3, -0.25) is 4.79 Å². The fourth-order valence-electron chi connectivity index (χ4n) is 4.36. The third kappa shape index (κ3) is 5.45. The molecule has 0 aromatic heterocycles. The molecule has 0 spiro atoms. The molecule has 2 rings (SSSR count). The number of carboxylic acids is 1. The van der Waals surface area contributed by atoms with E-state index in [1.165, 1.54) is 9.80 Å². The van der Waals surface area contributed by atoms with Crippen molar-refractivity contribution < 1.29 is 24.2 Å². The Hall–Kier alpha value is -1.55. The molecule has 176 valence electrons. The monoisotopic (exact) mass is 473 g/mol. The number of thioether (sulfide) groups is 1. The lowest BCUT2D eigenvalue weighted by atomic mass is 9.83. The third-order valence-corrected chi connectivity index (χ3v) is 7.70. The minimum absolute atomic E-state index is 0.264. The van der Waals surface area contributed by atoms with Gasteiger partial charge in [-0.05, 0) is 58.6 Å². The van der Waals surface area contributed by atoms with Crippen LogP contribution >= 0.6 is 24.0 Å². The molecule has 0 aliphatic carbocycles. The van der Waals surface area contributed by atoms with E-state index in [1.807, 2.05) is 20.8 Å². The summed E-state index contributed by atoms with van der Waals surface area (Å²) in [5.74, 6) is -0.568. The number of aliphatic carboxylic acids is 1. The van der Waals surface area contributed by atoms with Gasteiger partial charge in [-0.25, -0.2) is 9.59 Å². The largest absolute Gasteiger partial charge is 0.480 e. The lowest BCUT2D eigenvalue weighted by molar-refractivity contribution is -0.153. The van der Waals surface area contributed by atoms with Crippen molar-refractivity contribution in [3.05, 3.63) is 0 Å². The van der Waals surface area contributed by atoms with Gasteiger partial charge in [0.05, 0.1) is 15.9 Å². The molecule has 2 heterocycles. The van der Waals surface area contributed by atoms with Crippen molar-refractivity contribution in [2.75, 3.05) is 12.8 Å². The summed E-state index contributed by atoms with van der Waals surface area (Å²) in [6, 6.07) is -2.05. The summed E-state index contributed by atoms with van der Waals surface area (Å²) >= 11 is 7.13. The van der Waals surface area contributed by atoms with Crippen molar-refractivity contribution in [2.45, 2.75) is 89.9 Å². The minimum atomic E-state index is -0.996. The SMILES string of the molecule is CC(C(=S)N[C@H]1CCS[C@@]2(C)CC(C)(C)[C@@H](C(=O)O)N2C1=O)N(C)C(=O)OC(C)(C)C. The van der Waals surface area contributed by atoms with Gasteiger partial charge in [0.15, 0.2) is 0 Å². The fourth-order valence-corrected chi connectivity index (χ4v) is 6.26. The van der Waals surface area contributed by atoms with E-state index >= 15 is 0 Å². The van der Waals surface area contributed by atoms with Crippen molar-refractivity contribution in [1.82, 2.24) is 15.1 Å². The van der Waals surface area contributed by atoms with Gasteiger partial charge in [-0.15, -0.1) is 11.8 Å². The highest BCUT2D eigenvalue weighted by Gasteiger charge is 2.60. The van der Waals surface area contributed by atoms with Crippen molar-refractivity contribution in [3.8, 4) is 0 Å². The molecule has 2 amide bonds. The quantitative estimate of drug-likeness (QED) is 0.601. The summed E-state index contributed by atoms with van der Waals surface area (Å²) in [7, 11) is 1.60. The minimum Gasteiger partial charge on any atom is -0.480 e. The van der Waals surface area contributed by atoms with Crippen LogP contribution in [0.3, 0.4) is 0 Å². The third-order valence-electron chi connectivity index (χ3n) is 5.84. The van der Waals surface area contributed by atoms with Gasteiger partial charge in [-0.2, -0.15) is 0 Å². The molecule has 0 aromatic rings. The van der Waals surface area contributed by atoms with E-state index in [9.17, 15) is 19.5 Å². The highest BCUT2D eigenvalue weighted by molar-refractivity contribution is 8.00. The molecule has 10 heteroatoms. The van der Waals surface area contributed by atoms with E-state index in [0.29, 0.717) is 23.6 Å². The molecular weight excluding hydrogens is 438 g/mol. The van der Waals surface area contributed by atoms with Crippen molar-refractivity contribution in [3.63, 3.8) is 0 Å². The zero-order valence-electron chi connectivity index (χ0n) is 19.6. The van der Waals surface area contributed by atoms with E-state index in [1.54, 1.807) is 46.5 Å². The maximum Gasteiger partial charge on any atom is 0.410 e.